The Bertz CT molecular complexity index is 729. The number of fused-ring (bicyclic) bond motifs is 1. The first-order valence-electron chi connectivity index (χ1n) is 7.69. The van der Waals surface area contributed by atoms with Crippen molar-refractivity contribution in [3.05, 3.63) is 29.3 Å². The van der Waals surface area contributed by atoms with Gasteiger partial charge < -0.3 is 14.7 Å². The van der Waals surface area contributed by atoms with Gasteiger partial charge in [0.25, 0.3) is 0 Å². The monoisotopic (exact) mass is 327 g/mol. The summed E-state index contributed by atoms with van der Waals surface area (Å²) in [4.78, 5) is 5.99. The van der Waals surface area contributed by atoms with Crippen molar-refractivity contribution in [3.8, 4) is 18.0 Å². The van der Waals surface area contributed by atoms with Crippen LogP contribution < -0.4 is 10.1 Å². The van der Waals surface area contributed by atoms with Crippen LogP contribution in [0.2, 0.25) is 0 Å². The molecule has 2 unspecified atom stereocenters. The second-order valence-electron chi connectivity index (χ2n) is 6.11. The van der Waals surface area contributed by atoms with Gasteiger partial charge in [-0.1, -0.05) is 0 Å². The highest BCUT2D eigenvalue weighted by Crippen LogP contribution is 2.42. The average Bonchev–Trinajstić information content (AvgIpc) is 2.55. The van der Waals surface area contributed by atoms with Crippen molar-refractivity contribution in [1.29, 1.82) is 10.5 Å². The Labute approximate surface area is 141 Å². The first-order valence-corrected chi connectivity index (χ1v) is 7.69. The summed E-state index contributed by atoms with van der Waals surface area (Å²) in [6, 6.07) is 6.70. The number of aliphatic hydroxyl groups excluding tert-OH is 1. The van der Waals surface area contributed by atoms with E-state index in [9.17, 15) is 5.11 Å². The van der Waals surface area contributed by atoms with Gasteiger partial charge in [0, 0.05) is 19.2 Å². The van der Waals surface area contributed by atoms with Crippen LogP contribution in [0, 0.1) is 22.8 Å². The second-order valence-corrected chi connectivity index (χ2v) is 6.11. The number of benzene rings is 1. The predicted molar refractivity (Wildman–Crippen MR) is 89.1 cm³/mol. The summed E-state index contributed by atoms with van der Waals surface area (Å²) in [5.41, 5.74) is 0.334. The van der Waals surface area contributed by atoms with E-state index in [4.69, 9.17) is 15.3 Å². The standard InChI is InChI=1S/C17H21N5O2/c1-5-20-16(21-10-19)22(4)14-12-8-11(9-18)6-7-13(12)24-17(2,3)15(14)23/h6-8,14-15,23H,5H2,1-4H3,(H,20,21). The molecular formula is C17H21N5O2. The van der Waals surface area contributed by atoms with Crippen LogP contribution in [-0.4, -0.2) is 41.3 Å². The van der Waals surface area contributed by atoms with Gasteiger partial charge >= 0.3 is 0 Å². The molecule has 2 rings (SSSR count). The fraction of sp³-hybridized carbons (Fsp3) is 0.471. The fourth-order valence-corrected chi connectivity index (χ4v) is 2.83. The van der Waals surface area contributed by atoms with E-state index in [-0.39, 0.29) is 0 Å². The first kappa shape index (κ1) is 17.6. The Morgan fingerprint density at radius 1 is 1.46 bits per heavy atom. The lowest BCUT2D eigenvalue weighted by atomic mass is 9.85. The van der Waals surface area contributed by atoms with E-state index >= 15 is 0 Å². The minimum absolute atomic E-state index is 0.357. The molecule has 7 nitrogen and oxygen atoms in total. The molecule has 0 aromatic heterocycles. The Hall–Kier alpha value is -2.77. The Morgan fingerprint density at radius 2 is 2.17 bits per heavy atom. The Kier molecular flexibility index (Phi) is 4.96. The van der Waals surface area contributed by atoms with E-state index in [0.29, 0.717) is 29.4 Å². The molecule has 0 amide bonds. The van der Waals surface area contributed by atoms with Crippen LogP contribution in [0.3, 0.4) is 0 Å². The Balaban J connectivity index is 2.57. The molecule has 1 aromatic rings. The number of nitrogens with zero attached hydrogens (tertiary/aromatic N) is 4. The number of hydrogen-bond donors (Lipinski definition) is 2. The summed E-state index contributed by atoms with van der Waals surface area (Å²) in [5, 5.41) is 31.5. The predicted octanol–water partition coefficient (Wildman–Crippen LogP) is 1.51. The number of guanidine groups is 1. The van der Waals surface area contributed by atoms with Gasteiger partial charge in [-0.2, -0.15) is 10.5 Å². The molecule has 2 atom stereocenters. The highest BCUT2D eigenvalue weighted by molar-refractivity contribution is 5.81. The van der Waals surface area contributed by atoms with E-state index in [1.54, 1.807) is 44.0 Å². The minimum Gasteiger partial charge on any atom is -0.485 e. The third-order valence-corrected chi connectivity index (χ3v) is 4.07. The molecule has 1 aliphatic heterocycles. The van der Waals surface area contributed by atoms with Gasteiger partial charge in [-0.05, 0) is 39.0 Å². The fourth-order valence-electron chi connectivity index (χ4n) is 2.83. The molecule has 0 saturated carbocycles. The summed E-state index contributed by atoms with van der Waals surface area (Å²) in [5.74, 6) is 0.962. The molecule has 0 spiro atoms. The maximum Gasteiger partial charge on any atom is 0.207 e. The van der Waals surface area contributed by atoms with Crippen molar-refractivity contribution < 1.29 is 9.84 Å². The number of aliphatic imine (C=N–C) groups is 1. The molecule has 0 radical (unpaired) electrons. The number of ether oxygens (including phenoxy) is 1. The molecule has 0 fully saturated rings. The zero-order chi connectivity index (χ0) is 17.9. The summed E-state index contributed by atoms with van der Waals surface area (Å²) in [6.45, 7) is 5.95. The number of nitriles is 2. The second kappa shape index (κ2) is 6.77. The van der Waals surface area contributed by atoms with Crippen LogP contribution in [0.5, 0.6) is 5.75 Å². The van der Waals surface area contributed by atoms with Crippen molar-refractivity contribution >= 4 is 5.96 Å². The number of aliphatic hydroxyl groups is 1. The number of likely N-dealkylation sites (N-methyl/N-ethyl adjacent to an activating group) is 1. The van der Waals surface area contributed by atoms with Crippen molar-refractivity contribution in [2.24, 2.45) is 4.99 Å². The molecule has 126 valence electrons. The largest absolute Gasteiger partial charge is 0.485 e. The molecule has 2 N–H and O–H groups in total. The zero-order valence-corrected chi connectivity index (χ0v) is 14.2. The van der Waals surface area contributed by atoms with Gasteiger partial charge in [0.15, 0.2) is 6.19 Å². The van der Waals surface area contributed by atoms with Crippen LogP contribution in [0.1, 0.15) is 37.9 Å². The molecule has 0 aliphatic carbocycles. The quantitative estimate of drug-likeness (QED) is 0.369. The van der Waals surface area contributed by atoms with E-state index in [0.717, 1.165) is 0 Å². The minimum atomic E-state index is -0.883. The smallest absolute Gasteiger partial charge is 0.207 e. The highest BCUT2D eigenvalue weighted by Gasteiger charge is 2.45. The van der Waals surface area contributed by atoms with Crippen molar-refractivity contribution in [2.75, 3.05) is 13.6 Å². The lowest BCUT2D eigenvalue weighted by molar-refractivity contribution is -0.0788. The molecular weight excluding hydrogens is 306 g/mol. The summed E-state index contributed by atoms with van der Waals surface area (Å²) in [7, 11) is 1.75. The van der Waals surface area contributed by atoms with Crippen LogP contribution in [0.25, 0.3) is 0 Å². The molecule has 1 heterocycles. The molecule has 0 bridgehead atoms. The molecule has 1 aliphatic rings. The highest BCUT2D eigenvalue weighted by atomic mass is 16.5. The van der Waals surface area contributed by atoms with E-state index in [2.05, 4.69) is 16.4 Å². The van der Waals surface area contributed by atoms with E-state index in [1.807, 2.05) is 13.1 Å². The normalized spacial score (nSPS) is 21.7. The van der Waals surface area contributed by atoms with Crippen molar-refractivity contribution in [3.63, 3.8) is 0 Å². The van der Waals surface area contributed by atoms with Gasteiger partial charge in [-0.25, -0.2) is 0 Å². The van der Waals surface area contributed by atoms with Gasteiger partial charge in [0.2, 0.25) is 5.96 Å². The number of hydrogen-bond acceptors (Lipinski definition) is 5. The maximum absolute atomic E-state index is 10.8. The lowest BCUT2D eigenvalue weighted by Crippen LogP contribution is -2.55. The number of nitrogens with one attached hydrogen (secondary N) is 1. The molecule has 0 saturated heterocycles. The van der Waals surface area contributed by atoms with E-state index < -0.39 is 17.7 Å². The first-order chi connectivity index (χ1) is 11.4. The molecule has 24 heavy (non-hydrogen) atoms. The van der Waals surface area contributed by atoms with Crippen LogP contribution >= 0.6 is 0 Å². The summed E-state index contributed by atoms with van der Waals surface area (Å²) in [6.07, 6.45) is 0.984. The average molecular weight is 327 g/mol. The maximum atomic E-state index is 10.8. The summed E-state index contributed by atoms with van der Waals surface area (Å²) < 4.78 is 5.90. The van der Waals surface area contributed by atoms with Crippen LogP contribution in [0.15, 0.2) is 23.2 Å². The topological polar surface area (TPSA) is 105 Å². The molecule has 1 aromatic carbocycles. The van der Waals surface area contributed by atoms with Crippen LogP contribution in [-0.2, 0) is 0 Å². The molecule has 7 heteroatoms. The lowest BCUT2D eigenvalue weighted by Gasteiger charge is -2.45. The van der Waals surface area contributed by atoms with Crippen molar-refractivity contribution in [2.45, 2.75) is 38.5 Å². The third kappa shape index (κ3) is 3.12. The van der Waals surface area contributed by atoms with Crippen LogP contribution in [0.4, 0.5) is 0 Å². The van der Waals surface area contributed by atoms with Gasteiger partial charge in [0.05, 0.1) is 17.7 Å². The zero-order valence-electron chi connectivity index (χ0n) is 14.2. The van der Waals surface area contributed by atoms with Gasteiger partial charge in [0.1, 0.15) is 17.5 Å². The number of rotatable bonds is 2. The van der Waals surface area contributed by atoms with E-state index in [1.165, 1.54) is 0 Å². The summed E-state index contributed by atoms with van der Waals surface area (Å²) >= 11 is 0. The Morgan fingerprint density at radius 3 is 2.75 bits per heavy atom. The van der Waals surface area contributed by atoms with Gasteiger partial charge in [-0.3, -0.25) is 10.3 Å². The third-order valence-electron chi connectivity index (χ3n) is 4.07. The van der Waals surface area contributed by atoms with Crippen molar-refractivity contribution in [1.82, 2.24) is 10.2 Å². The SMILES string of the molecule is CCN=C(NC#N)N(C)C1c2cc(C#N)ccc2OC(C)(C)C1O. The van der Waals surface area contributed by atoms with Gasteiger partial charge in [-0.15, -0.1) is 0 Å².